The van der Waals surface area contributed by atoms with Gasteiger partial charge in [-0.25, -0.2) is 0 Å². The van der Waals surface area contributed by atoms with Crippen LogP contribution in [-0.2, 0) is 7.05 Å². The van der Waals surface area contributed by atoms with E-state index in [0.29, 0.717) is 36.0 Å². The highest BCUT2D eigenvalue weighted by atomic mass is 16.5. The van der Waals surface area contributed by atoms with E-state index >= 15 is 0 Å². The first-order chi connectivity index (χ1) is 14.9. The zero-order valence-corrected chi connectivity index (χ0v) is 18.6. The van der Waals surface area contributed by atoms with E-state index in [-0.39, 0.29) is 5.91 Å². The molecule has 0 bridgehead atoms. The average molecular weight is 425 g/mol. The highest BCUT2D eigenvalue weighted by Crippen LogP contribution is 2.33. The van der Waals surface area contributed by atoms with E-state index in [4.69, 9.17) is 9.47 Å². The monoisotopic (exact) mass is 424 g/mol. The number of H-pyrrole nitrogens is 1. The molecule has 1 saturated heterocycles. The smallest absolute Gasteiger partial charge is 0.272 e. The Balaban J connectivity index is 1.53. The SMILES string of the molecule is COc1ccc(OC)c(-c2cc(C(=O)N3CCN(c4c(C)n[nH]c4C)CC3)n(C)n2)c1. The Bertz CT molecular complexity index is 1080. The molecule has 0 radical (unpaired) electrons. The van der Waals surface area contributed by atoms with Gasteiger partial charge in [0, 0.05) is 38.8 Å². The fraction of sp³-hybridized carbons (Fsp3) is 0.409. The third-order valence-corrected chi connectivity index (χ3v) is 5.75. The Morgan fingerprint density at radius 1 is 1.06 bits per heavy atom. The number of ether oxygens (including phenoxy) is 2. The highest BCUT2D eigenvalue weighted by molar-refractivity contribution is 5.94. The molecule has 9 nitrogen and oxygen atoms in total. The summed E-state index contributed by atoms with van der Waals surface area (Å²) in [7, 11) is 5.02. The molecule has 0 unspecified atom stereocenters. The zero-order chi connectivity index (χ0) is 22.1. The van der Waals surface area contributed by atoms with Gasteiger partial charge in [0.15, 0.2) is 0 Å². The van der Waals surface area contributed by atoms with Gasteiger partial charge < -0.3 is 19.3 Å². The standard InChI is InChI=1S/C22H28N6O3/c1-14-21(15(2)24-23-14)27-8-10-28(11-9-27)22(29)19-13-18(25-26(19)3)17-12-16(30-4)6-7-20(17)31-5/h6-7,12-13H,8-11H2,1-5H3,(H,23,24). The van der Waals surface area contributed by atoms with Gasteiger partial charge in [-0.2, -0.15) is 10.2 Å². The molecule has 4 rings (SSSR count). The van der Waals surface area contributed by atoms with E-state index in [1.165, 1.54) is 0 Å². The lowest BCUT2D eigenvalue weighted by atomic mass is 10.1. The summed E-state index contributed by atoms with van der Waals surface area (Å²) in [5.41, 5.74) is 5.18. The van der Waals surface area contributed by atoms with E-state index in [1.807, 2.05) is 43.0 Å². The number of piperazine rings is 1. The van der Waals surface area contributed by atoms with Crippen molar-refractivity contribution < 1.29 is 14.3 Å². The number of aromatic amines is 1. The number of aryl methyl sites for hydroxylation is 3. The molecule has 0 aliphatic carbocycles. The highest BCUT2D eigenvalue weighted by Gasteiger charge is 2.27. The maximum absolute atomic E-state index is 13.2. The topological polar surface area (TPSA) is 88.5 Å². The number of hydrogen-bond acceptors (Lipinski definition) is 6. The van der Waals surface area contributed by atoms with Gasteiger partial charge in [-0.05, 0) is 38.1 Å². The number of hydrogen-bond donors (Lipinski definition) is 1. The number of carbonyl (C=O) groups excluding carboxylic acids is 1. The number of aromatic nitrogens is 4. The largest absolute Gasteiger partial charge is 0.497 e. The van der Waals surface area contributed by atoms with Crippen molar-refractivity contribution in [3.8, 4) is 22.8 Å². The van der Waals surface area contributed by atoms with Crippen LogP contribution in [-0.4, -0.2) is 71.2 Å². The Kier molecular flexibility index (Phi) is 5.58. The van der Waals surface area contributed by atoms with Crippen LogP contribution in [0.3, 0.4) is 0 Å². The molecule has 31 heavy (non-hydrogen) atoms. The summed E-state index contributed by atoms with van der Waals surface area (Å²) in [6.07, 6.45) is 0. The van der Waals surface area contributed by atoms with Gasteiger partial charge in [-0.15, -0.1) is 0 Å². The molecule has 2 aromatic heterocycles. The molecule has 3 heterocycles. The fourth-order valence-electron chi connectivity index (χ4n) is 4.12. The maximum Gasteiger partial charge on any atom is 0.272 e. The molecule has 164 valence electrons. The van der Waals surface area contributed by atoms with E-state index in [9.17, 15) is 4.79 Å². The summed E-state index contributed by atoms with van der Waals surface area (Å²) in [5.74, 6) is 1.36. The molecule has 1 amide bonds. The predicted octanol–water partition coefficient (Wildman–Crippen LogP) is 2.41. The van der Waals surface area contributed by atoms with Crippen molar-refractivity contribution in [3.05, 3.63) is 41.3 Å². The van der Waals surface area contributed by atoms with Gasteiger partial charge in [-0.3, -0.25) is 14.6 Å². The normalized spacial score (nSPS) is 14.1. The van der Waals surface area contributed by atoms with E-state index < -0.39 is 0 Å². The van der Waals surface area contributed by atoms with Crippen LogP contribution in [0.5, 0.6) is 11.5 Å². The summed E-state index contributed by atoms with van der Waals surface area (Å²) in [6.45, 7) is 6.85. The van der Waals surface area contributed by atoms with Crippen LogP contribution in [0, 0.1) is 13.8 Å². The van der Waals surface area contributed by atoms with Gasteiger partial charge in [0.05, 0.1) is 37.0 Å². The summed E-state index contributed by atoms with van der Waals surface area (Å²) in [5, 5.41) is 11.9. The maximum atomic E-state index is 13.2. The van der Waals surface area contributed by atoms with Crippen LogP contribution >= 0.6 is 0 Å². The molecule has 3 aromatic rings. The number of benzene rings is 1. The van der Waals surface area contributed by atoms with Crippen LogP contribution in [0.25, 0.3) is 11.3 Å². The molecular weight excluding hydrogens is 396 g/mol. The van der Waals surface area contributed by atoms with Crippen molar-refractivity contribution in [1.82, 2.24) is 24.9 Å². The Morgan fingerprint density at radius 2 is 1.81 bits per heavy atom. The first-order valence-corrected chi connectivity index (χ1v) is 10.2. The van der Waals surface area contributed by atoms with Crippen LogP contribution in [0.2, 0.25) is 0 Å². The third-order valence-electron chi connectivity index (χ3n) is 5.75. The number of anilines is 1. The Morgan fingerprint density at radius 3 is 2.42 bits per heavy atom. The lowest BCUT2D eigenvalue weighted by Gasteiger charge is -2.36. The van der Waals surface area contributed by atoms with Gasteiger partial charge in [0.1, 0.15) is 17.2 Å². The summed E-state index contributed by atoms with van der Waals surface area (Å²) in [4.78, 5) is 17.4. The Hall–Kier alpha value is -3.49. The molecule has 1 aromatic carbocycles. The van der Waals surface area contributed by atoms with Crippen molar-refractivity contribution in [2.45, 2.75) is 13.8 Å². The van der Waals surface area contributed by atoms with Crippen molar-refractivity contribution in [2.24, 2.45) is 7.05 Å². The van der Waals surface area contributed by atoms with Gasteiger partial charge >= 0.3 is 0 Å². The van der Waals surface area contributed by atoms with Crippen molar-refractivity contribution in [3.63, 3.8) is 0 Å². The van der Waals surface area contributed by atoms with Gasteiger partial charge in [0.2, 0.25) is 0 Å². The minimum absolute atomic E-state index is 0.0246. The minimum Gasteiger partial charge on any atom is -0.497 e. The van der Waals surface area contributed by atoms with Crippen molar-refractivity contribution in [1.29, 1.82) is 0 Å². The van der Waals surface area contributed by atoms with E-state index in [1.54, 1.807) is 25.9 Å². The molecule has 0 spiro atoms. The lowest BCUT2D eigenvalue weighted by molar-refractivity contribution is 0.0735. The van der Waals surface area contributed by atoms with Gasteiger partial charge in [-0.1, -0.05) is 0 Å². The zero-order valence-electron chi connectivity index (χ0n) is 18.6. The van der Waals surface area contributed by atoms with E-state index in [2.05, 4.69) is 20.2 Å². The van der Waals surface area contributed by atoms with Crippen molar-refractivity contribution in [2.75, 3.05) is 45.3 Å². The van der Waals surface area contributed by atoms with Gasteiger partial charge in [0.25, 0.3) is 5.91 Å². The van der Waals surface area contributed by atoms with E-state index in [0.717, 1.165) is 35.7 Å². The number of nitrogens with one attached hydrogen (secondary N) is 1. The number of methoxy groups -OCH3 is 2. The molecular formula is C22H28N6O3. The van der Waals surface area contributed by atoms with Crippen LogP contribution in [0.15, 0.2) is 24.3 Å². The summed E-state index contributed by atoms with van der Waals surface area (Å²) < 4.78 is 12.4. The molecule has 1 fully saturated rings. The number of carbonyl (C=O) groups is 1. The van der Waals surface area contributed by atoms with Crippen LogP contribution < -0.4 is 14.4 Å². The molecule has 1 N–H and O–H groups in total. The number of rotatable bonds is 5. The van der Waals surface area contributed by atoms with Crippen molar-refractivity contribution >= 4 is 11.6 Å². The predicted molar refractivity (Wildman–Crippen MR) is 118 cm³/mol. The second kappa shape index (κ2) is 8.33. The third kappa shape index (κ3) is 3.83. The second-order valence-electron chi connectivity index (χ2n) is 7.67. The molecule has 0 saturated carbocycles. The molecule has 0 atom stereocenters. The first kappa shape index (κ1) is 20.8. The minimum atomic E-state index is -0.0246. The molecule has 1 aliphatic rings. The lowest BCUT2D eigenvalue weighted by Crippen LogP contribution is -2.49. The molecule has 9 heteroatoms. The molecule has 1 aliphatic heterocycles. The first-order valence-electron chi connectivity index (χ1n) is 10.2. The quantitative estimate of drug-likeness (QED) is 0.677. The summed E-state index contributed by atoms with van der Waals surface area (Å²) in [6, 6.07) is 7.35. The summed E-state index contributed by atoms with van der Waals surface area (Å²) >= 11 is 0. The fourth-order valence-corrected chi connectivity index (χ4v) is 4.12. The average Bonchev–Trinajstić information content (AvgIpc) is 3.34. The Labute approximate surface area is 181 Å². The number of nitrogens with zero attached hydrogens (tertiary/aromatic N) is 5. The second-order valence-corrected chi connectivity index (χ2v) is 7.67. The number of amides is 1. The van der Waals surface area contributed by atoms with Crippen LogP contribution in [0.4, 0.5) is 5.69 Å². The van der Waals surface area contributed by atoms with Crippen LogP contribution in [0.1, 0.15) is 21.9 Å².